The molecule has 0 radical (unpaired) electrons. The van der Waals surface area contributed by atoms with Gasteiger partial charge in [-0.05, 0) is 0 Å². The van der Waals surface area contributed by atoms with Gasteiger partial charge >= 0.3 is 212 Å². The molecular formula is C24H39InO9. The van der Waals surface area contributed by atoms with Crippen molar-refractivity contribution in [3.8, 4) is 0 Å². The van der Waals surface area contributed by atoms with Crippen molar-refractivity contribution in [2.75, 3.05) is 0 Å². The summed E-state index contributed by atoms with van der Waals surface area (Å²) in [5.74, 6) is -6.88. The Morgan fingerprint density at radius 1 is 0.500 bits per heavy atom. The Morgan fingerprint density at radius 2 is 0.735 bits per heavy atom. The molecule has 3 atom stereocenters. The topological polar surface area (TPSA) is 130 Å². The van der Waals surface area contributed by atoms with Gasteiger partial charge in [0.05, 0.1) is 0 Å². The van der Waals surface area contributed by atoms with Crippen molar-refractivity contribution in [3.05, 3.63) is 0 Å². The van der Waals surface area contributed by atoms with E-state index in [4.69, 9.17) is 8.56 Å². The summed E-state index contributed by atoms with van der Waals surface area (Å²) in [5.41, 5.74) is 0. The number of ketones is 3. The van der Waals surface area contributed by atoms with Crippen LogP contribution in [0.5, 0.6) is 0 Å². The Balaban J connectivity index is 5.77. The van der Waals surface area contributed by atoms with Gasteiger partial charge in [-0.3, -0.25) is 0 Å². The van der Waals surface area contributed by atoms with Crippen LogP contribution >= 0.6 is 0 Å². The van der Waals surface area contributed by atoms with E-state index in [0.717, 1.165) is 0 Å². The summed E-state index contributed by atoms with van der Waals surface area (Å²) in [7, 11) is 0. The van der Waals surface area contributed by atoms with Crippen LogP contribution < -0.4 is 0 Å². The Kier molecular flexibility index (Phi) is 16.8. The Hall–Kier alpha value is -1.71. The Labute approximate surface area is 212 Å². The quantitative estimate of drug-likeness (QED) is 0.220. The van der Waals surface area contributed by atoms with E-state index in [9.17, 15) is 28.8 Å². The average Bonchev–Trinajstić information content (AvgIpc) is 2.75. The fraction of sp³-hybridized carbons (Fsp3) is 0.750. The first-order valence-corrected chi connectivity index (χ1v) is 16.3. The molecule has 0 spiro atoms. The molecule has 0 N–H and O–H groups in total. The van der Waals surface area contributed by atoms with Crippen molar-refractivity contribution in [3.63, 3.8) is 0 Å². The molecular weight excluding hydrogens is 547 g/mol. The van der Waals surface area contributed by atoms with Gasteiger partial charge in [0, 0.05) is 0 Å². The third-order valence-electron chi connectivity index (χ3n) is 5.37. The molecule has 0 amide bonds. The maximum absolute atomic E-state index is 12.7. The third-order valence-corrected chi connectivity index (χ3v) is 9.01. The van der Waals surface area contributed by atoms with Crippen LogP contribution in [-0.4, -0.2) is 58.0 Å². The molecule has 3 unspecified atom stereocenters. The first-order chi connectivity index (χ1) is 16.1. The number of hydrogen-bond donors (Lipinski definition) is 0. The van der Waals surface area contributed by atoms with E-state index in [-0.39, 0.29) is 55.9 Å². The Bertz CT molecular complexity index is 624. The number of hydrogen-bond acceptors (Lipinski definition) is 9. The molecule has 0 rings (SSSR count). The van der Waals surface area contributed by atoms with Gasteiger partial charge < -0.3 is 0 Å². The third kappa shape index (κ3) is 10.7. The van der Waals surface area contributed by atoms with Gasteiger partial charge in [0.25, 0.3) is 0 Å². The van der Waals surface area contributed by atoms with E-state index in [1.165, 1.54) is 0 Å². The standard InChI is InChI=1S/3C8H14O3.In/c3*1-3-5-7(9)6(4-2)8(10)11;/h3*6H,3-5H2,1-2H3,(H,10,11);/q;;;+3/p-3. The normalized spacial score (nSPS) is 13.2. The number of Topliss-reactive ketones (excluding diaryl/α,β-unsaturated/α-hetero) is 3. The number of carbonyl (C=O) groups is 6. The van der Waals surface area contributed by atoms with Gasteiger partial charge in [-0.15, -0.1) is 0 Å². The second-order valence-corrected chi connectivity index (χ2v) is 11.8. The van der Waals surface area contributed by atoms with Crippen LogP contribution in [0.1, 0.15) is 99.3 Å². The monoisotopic (exact) mass is 586 g/mol. The van der Waals surface area contributed by atoms with E-state index in [1.807, 2.05) is 0 Å². The zero-order valence-electron chi connectivity index (χ0n) is 21.3. The van der Waals surface area contributed by atoms with E-state index < -0.39 is 58.4 Å². The van der Waals surface area contributed by atoms with Gasteiger partial charge in [-0.25, -0.2) is 0 Å². The van der Waals surface area contributed by atoms with Crippen LogP contribution in [0.2, 0.25) is 0 Å². The molecule has 0 saturated carbocycles. The van der Waals surface area contributed by atoms with E-state index in [2.05, 4.69) is 0 Å². The van der Waals surface area contributed by atoms with Crippen LogP contribution in [0.4, 0.5) is 0 Å². The van der Waals surface area contributed by atoms with Crippen molar-refractivity contribution < 1.29 is 37.3 Å². The predicted octanol–water partition coefficient (Wildman–Crippen LogP) is 3.79. The SMILES string of the molecule is CCCC(=O)C(CC)C(=O)[O][In]([O]C(=O)C(CC)C(=O)CCC)[O]C(=O)C(CC)C(=O)CCC. The molecule has 10 heteroatoms. The molecule has 0 fully saturated rings. The summed E-state index contributed by atoms with van der Waals surface area (Å²) in [5, 5.41) is 0. The van der Waals surface area contributed by atoms with Crippen LogP contribution in [0.3, 0.4) is 0 Å². The van der Waals surface area contributed by atoms with Crippen LogP contribution in [0.25, 0.3) is 0 Å². The van der Waals surface area contributed by atoms with Crippen molar-refractivity contribution in [1.82, 2.24) is 0 Å². The van der Waals surface area contributed by atoms with Gasteiger partial charge in [-0.1, -0.05) is 0 Å². The number of carbonyl (C=O) groups excluding carboxylic acids is 6. The van der Waals surface area contributed by atoms with Gasteiger partial charge in [0.15, 0.2) is 0 Å². The van der Waals surface area contributed by atoms with E-state index >= 15 is 0 Å². The van der Waals surface area contributed by atoms with Crippen molar-refractivity contribution in [1.29, 1.82) is 0 Å². The fourth-order valence-corrected chi connectivity index (χ4v) is 6.88. The van der Waals surface area contributed by atoms with Gasteiger partial charge in [0.1, 0.15) is 0 Å². The molecule has 9 nitrogen and oxygen atoms in total. The molecule has 0 aromatic rings. The second-order valence-electron chi connectivity index (χ2n) is 8.13. The van der Waals surface area contributed by atoms with Crippen LogP contribution in [0.15, 0.2) is 0 Å². The first kappa shape index (κ1) is 32.3. The molecule has 0 saturated heterocycles. The van der Waals surface area contributed by atoms with Crippen LogP contribution in [0, 0.1) is 17.8 Å². The minimum atomic E-state index is -4.68. The first-order valence-electron chi connectivity index (χ1n) is 12.3. The molecule has 0 aliphatic heterocycles. The summed E-state index contributed by atoms with van der Waals surface area (Å²) in [6, 6.07) is 0. The van der Waals surface area contributed by atoms with Crippen molar-refractivity contribution >= 4 is 58.0 Å². The van der Waals surface area contributed by atoms with Crippen molar-refractivity contribution in [2.24, 2.45) is 17.8 Å². The average molecular weight is 586 g/mol. The maximum atomic E-state index is 12.7. The molecule has 0 heterocycles. The minimum absolute atomic E-state index is 0.178. The molecule has 0 aliphatic rings. The fourth-order valence-electron chi connectivity index (χ4n) is 3.44. The predicted molar refractivity (Wildman–Crippen MR) is 125 cm³/mol. The molecule has 192 valence electrons. The van der Waals surface area contributed by atoms with E-state index in [1.54, 1.807) is 41.5 Å². The molecule has 0 aliphatic carbocycles. The summed E-state index contributed by atoms with van der Waals surface area (Å²) in [6.07, 6.45) is 2.73. The molecule has 0 aromatic carbocycles. The Morgan fingerprint density at radius 3 is 0.912 bits per heavy atom. The summed E-state index contributed by atoms with van der Waals surface area (Å²) in [6.45, 7) is 10.4. The van der Waals surface area contributed by atoms with Gasteiger partial charge in [-0.2, -0.15) is 0 Å². The second kappa shape index (κ2) is 17.7. The summed E-state index contributed by atoms with van der Waals surface area (Å²) >= 11 is -4.68. The number of rotatable bonds is 18. The molecule has 0 aromatic heterocycles. The summed E-state index contributed by atoms with van der Waals surface area (Å²) < 4.78 is 16.0. The summed E-state index contributed by atoms with van der Waals surface area (Å²) in [4.78, 5) is 75.0. The zero-order chi connectivity index (χ0) is 26.3. The molecule has 34 heavy (non-hydrogen) atoms. The molecule has 0 bridgehead atoms. The van der Waals surface area contributed by atoms with Crippen molar-refractivity contribution in [2.45, 2.75) is 99.3 Å². The zero-order valence-corrected chi connectivity index (χ0v) is 24.6. The van der Waals surface area contributed by atoms with Crippen LogP contribution in [-0.2, 0) is 37.3 Å². The van der Waals surface area contributed by atoms with E-state index in [0.29, 0.717) is 19.3 Å². The van der Waals surface area contributed by atoms with Gasteiger partial charge in [0.2, 0.25) is 0 Å².